The fraction of sp³-hybridized carbons (Fsp3) is 0.350. The smallest absolute Gasteiger partial charge is 0.147 e. The number of hydrogen-bond acceptors (Lipinski definition) is 3. The largest absolute Gasteiger partial charge is 0.487 e. The second kappa shape index (κ2) is 6.68. The summed E-state index contributed by atoms with van der Waals surface area (Å²) >= 11 is 0. The summed E-state index contributed by atoms with van der Waals surface area (Å²) < 4.78 is 34.8. The van der Waals surface area contributed by atoms with Gasteiger partial charge in [0.05, 0.1) is 5.52 Å². The first-order valence-electron chi connectivity index (χ1n) is 8.47. The van der Waals surface area contributed by atoms with Crippen molar-refractivity contribution in [1.82, 2.24) is 9.55 Å². The third-order valence-corrected chi connectivity index (χ3v) is 4.34. The topological polar surface area (TPSA) is 53.1 Å². The zero-order valence-corrected chi connectivity index (χ0v) is 15.4. The average molecular weight is 359 g/mol. The summed E-state index contributed by atoms with van der Waals surface area (Å²) in [6.07, 6.45) is 1.67. The number of hydrogen-bond donors (Lipinski definition) is 1. The van der Waals surface area contributed by atoms with Gasteiger partial charge < -0.3 is 15.0 Å². The van der Waals surface area contributed by atoms with E-state index < -0.39 is 17.2 Å². The molecule has 26 heavy (non-hydrogen) atoms. The molecule has 0 fully saturated rings. The lowest BCUT2D eigenvalue weighted by Crippen LogP contribution is -2.37. The summed E-state index contributed by atoms with van der Waals surface area (Å²) in [6, 6.07) is 5.13. The molecule has 2 aromatic heterocycles. The van der Waals surface area contributed by atoms with Crippen LogP contribution < -0.4 is 10.5 Å². The van der Waals surface area contributed by atoms with Crippen molar-refractivity contribution in [3.8, 4) is 5.75 Å². The second-order valence-corrected chi connectivity index (χ2v) is 7.36. The summed E-state index contributed by atoms with van der Waals surface area (Å²) in [6.45, 7) is 8.61. The van der Waals surface area contributed by atoms with Crippen molar-refractivity contribution in [1.29, 1.82) is 0 Å². The fourth-order valence-corrected chi connectivity index (χ4v) is 3.09. The Balaban J connectivity index is 2.01. The van der Waals surface area contributed by atoms with Crippen molar-refractivity contribution in [3.63, 3.8) is 0 Å². The number of fused-ring (bicyclic) bond motifs is 1. The van der Waals surface area contributed by atoms with Gasteiger partial charge in [-0.05, 0) is 51.0 Å². The van der Waals surface area contributed by atoms with Crippen LogP contribution in [-0.4, -0.2) is 15.1 Å². The Hall–Kier alpha value is -2.47. The number of pyridine rings is 1. The van der Waals surface area contributed by atoms with Gasteiger partial charge in [-0.3, -0.25) is 4.98 Å². The summed E-state index contributed by atoms with van der Waals surface area (Å²) in [5.41, 5.74) is 10.1. The van der Waals surface area contributed by atoms with Crippen LogP contribution >= 0.6 is 0 Å². The highest BCUT2D eigenvalue weighted by Gasteiger charge is 2.21. The molecule has 0 atom stereocenters. The maximum absolute atomic E-state index is 13.4. The summed E-state index contributed by atoms with van der Waals surface area (Å²) in [5.74, 6) is -0.632. The average Bonchev–Trinajstić information content (AvgIpc) is 2.76. The summed E-state index contributed by atoms with van der Waals surface area (Å²) in [5, 5.41) is 0. The standard InChI is InChI=1S/C20H23F2N3O/c1-12-13(2)25(11-20(3,4)23)19-17(5-6-24-18(12)19)26-10-14-7-15(21)9-16(22)8-14/h5-9H,10-11,23H2,1-4H3. The Kier molecular flexibility index (Phi) is 4.71. The quantitative estimate of drug-likeness (QED) is 0.741. The van der Waals surface area contributed by atoms with E-state index in [-0.39, 0.29) is 6.61 Å². The Morgan fingerprint density at radius 3 is 2.42 bits per heavy atom. The molecule has 0 radical (unpaired) electrons. The lowest BCUT2D eigenvalue weighted by Gasteiger charge is -2.22. The second-order valence-electron chi connectivity index (χ2n) is 7.36. The minimum absolute atomic E-state index is 0.0586. The molecule has 1 aromatic carbocycles. The molecule has 0 unspecified atom stereocenters. The highest BCUT2D eigenvalue weighted by Crippen LogP contribution is 2.32. The van der Waals surface area contributed by atoms with Crippen molar-refractivity contribution < 1.29 is 13.5 Å². The molecular formula is C20H23F2N3O. The van der Waals surface area contributed by atoms with Crippen LogP contribution in [0.3, 0.4) is 0 Å². The first-order chi connectivity index (χ1) is 12.2. The minimum atomic E-state index is -0.622. The van der Waals surface area contributed by atoms with E-state index in [2.05, 4.69) is 9.55 Å². The molecule has 2 heterocycles. The normalized spacial score (nSPS) is 12.0. The number of aryl methyl sites for hydroxylation is 1. The van der Waals surface area contributed by atoms with E-state index in [0.29, 0.717) is 17.9 Å². The molecule has 0 saturated heterocycles. The Morgan fingerprint density at radius 1 is 1.15 bits per heavy atom. The molecule has 0 aliphatic heterocycles. The van der Waals surface area contributed by atoms with Crippen LogP contribution in [0.15, 0.2) is 30.5 Å². The van der Waals surface area contributed by atoms with Gasteiger partial charge in [-0.1, -0.05) is 0 Å². The van der Waals surface area contributed by atoms with Crippen molar-refractivity contribution in [2.24, 2.45) is 5.73 Å². The SMILES string of the molecule is Cc1c(C)n(CC(C)(C)N)c2c(OCc3cc(F)cc(F)c3)ccnc12. The Morgan fingerprint density at radius 2 is 1.81 bits per heavy atom. The molecular weight excluding hydrogens is 336 g/mol. The van der Waals surface area contributed by atoms with E-state index in [4.69, 9.17) is 10.5 Å². The molecule has 0 spiro atoms. The van der Waals surface area contributed by atoms with Gasteiger partial charge >= 0.3 is 0 Å². The molecule has 6 heteroatoms. The number of nitrogens with zero attached hydrogens (tertiary/aromatic N) is 2. The fourth-order valence-electron chi connectivity index (χ4n) is 3.09. The van der Waals surface area contributed by atoms with Crippen LogP contribution in [-0.2, 0) is 13.2 Å². The van der Waals surface area contributed by atoms with Crippen LogP contribution in [0, 0.1) is 25.5 Å². The molecule has 0 bridgehead atoms. The van der Waals surface area contributed by atoms with Gasteiger partial charge in [-0.25, -0.2) is 8.78 Å². The first kappa shape index (κ1) is 18.3. The van der Waals surface area contributed by atoms with E-state index in [1.807, 2.05) is 27.7 Å². The molecule has 3 aromatic rings. The zero-order chi connectivity index (χ0) is 19.1. The van der Waals surface area contributed by atoms with Crippen LogP contribution in [0.5, 0.6) is 5.75 Å². The molecule has 0 aliphatic rings. The van der Waals surface area contributed by atoms with Gasteiger partial charge in [0.1, 0.15) is 29.5 Å². The van der Waals surface area contributed by atoms with Gasteiger partial charge in [-0.2, -0.15) is 0 Å². The van der Waals surface area contributed by atoms with E-state index in [0.717, 1.165) is 28.4 Å². The lowest BCUT2D eigenvalue weighted by molar-refractivity contribution is 0.306. The number of benzene rings is 1. The van der Waals surface area contributed by atoms with Crippen LogP contribution in [0.4, 0.5) is 8.78 Å². The number of aromatic nitrogens is 2. The zero-order valence-electron chi connectivity index (χ0n) is 15.4. The molecule has 3 rings (SSSR count). The summed E-state index contributed by atoms with van der Waals surface area (Å²) in [4.78, 5) is 4.47. The molecule has 2 N–H and O–H groups in total. The number of halogens is 2. The first-order valence-corrected chi connectivity index (χ1v) is 8.47. The van der Waals surface area contributed by atoms with Crippen LogP contribution in [0.25, 0.3) is 11.0 Å². The minimum Gasteiger partial charge on any atom is -0.487 e. The summed E-state index contributed by atoms with van der Waals surface area (Å²) in [7, 11) is 0. The van der Waals surface area contributed by atoms with Crippen molar-refractivity contribution in [2.75, 3.05) is 0 Å². The van der Waals surface area contributed by atoms with Gasteiger partial charge in [0.15, 0.2) is 0 Å². The number of rotatable bonds is 5. The van der Waals surface area contributed by atoms with Gasteiger partial charge in [-0.15, -0.1) is 0 Å². The molecule has 138 valence electrons. The van der Waals surface area contributed by atoms with Crippen LogP contribution in [0.2, 0.25) is 0 Å². The third kappa shape index (κ3) is 3.70. The monoisotopic (exact) mass is 359 g/mol. The van der Waals surface area contributed by atoms with E-state index in [1.54, 1.807) is 12.3 Å². The molecule has 0 saturated carbocycles. The highest BCUT2D eigenvalue weighted by atomic mass is 19.1. The van der Waals surface area contributed by atoms with Crippen molar-refractivity contribution in [2.45, 2.75) is 46.4 Å². The van der Waals surface area contributed by atoms with Crippen LogP contribution in [0.1, 0.15) is 30.7 Å². The molecule has 0 amide bonds. The Labute approximate surface area is 151 Å². The van der Waals surface area contributed by atoms with Gasteiger partial charge in [0, 0.05) is 36.1 Å². The highest BCUT2D eigenvalue weighted by molar-refractivity contribution is 5.86. The van der Waals surface area contributed by atoms with E-state index in [1.165, 1.54) is 12.1 Å². The molecule has 4 nitrogen and oxygen atoms in total. The van der Waals surface area contributed by atoms with Crippen molar-refractivity contribution in [3.05, 3.63) is 58.9 Å². The molecule has 0 aliphatic carbocycles. The Bertz CT molecular complexity index is 938. The third-order valence-electron chi connectivity index (χ3n) is 4.34. The van der Waals surface area contributed by atoms with Gasteiger partial charge in [0.25, 0.3) is 0 Å². The maximum Gasteiger partial charge on any atom is 0.147 e. The lowest BCUT2D eigenvalue weighted by atomic mass is 10.1. The van der Waals surface area contributed by atoms with E-state index >= 15 is 0 Å². The predicted octanol–water partition coefficient (Wildman–Crippen LogP) is 4.25. The van der Waals surface area contributed by atoms with E-state index in [9.17, 15) is 8.78 Å². The maximum atomic E-state index is 13.4. The van der Waals surface area contributed by atoms with Crippen molar-refractivity contribution >= 4 is 11.0 Å². The number of ether oxygens (including phenoxy) is 1. The number of nitrogens with two attached hydrogens (primary N) is 1. The predicted molar refractivity (Wildman–Crippen MR) is 98.2 cm³/mol. The van der Waals surface area contributed by atoms with Gasteiger partial charge in [0.2, 0.25) is 0 Å².